The van der Waals surface area contributed by atoms with Crippen LogP contribution in [0.2, 0.25) is 0 Å². The van der Waals surface area contributed by atoms with Gasteiger partial charge in [0.1, 0.15) is 31.0 Å². The highest BCUT2D eigenvalue weighted by Gasteiger charge is 2.71. The zero-order chi connectivity index (χ0) is 41.5. The van der Waals surface area contributed by atoms with Gasteiger partial charge in [0, 0.05) is 50.0 Å². The molecule has 21 atom stereocenters. The molecule has 0 aromatic heterocycles. The fourth-order valence-corrected chi connectivity index (χ4v) is 13.1. The van der Waals surface area contributed by atoms with Gasteiger partial charge >= 0.3 is 11.9 Å². The van der Waals surface area contributed by atoms with E-state index in [1.165, 1.54) is 13.0 Å². The van der Waals surface area contributed by atoms with Gasteiger partial charge in [-0.05, 0) is 94.5 Å². The number of ether oxygens (including phenoxy) is 8. The monoisotopic (exact) mass is 822 g/mol. The van der Waals surface area contributed by atoms with E-state index in [0.717, 1.165) is 50.5 Å². The lowest BCUT2D eigenvalue weighted by molar-refractivity contribution is -0.344. The lowest BCUT2D eigenvalue weighted by atomic mass is 9.43. The van der Waals surface area contributed by atoms with Gasteiger partial charge in [-0.1, -0.05) is 13.8 Å². The number of cyclic esters (lactones) is 1. The van der Waals surface area contributed by atoms with Crippen molar-refractivity contribution in [1.29, 1.82) is 0 Å². The average Bonchev–Trinajstić information content (AvgIpc) is 3.67. The van der Waals surface area contributed by atoms with E-state index in [1.54, 1.807) is 13.8 Å². The molecular weight excluding hydrogens is 756 g/mol. The van der Waals surface area contributed by atoms with Crippen LogP contribution < -0.4 is 0 Å². The van der Waals surface area contributed by atoms with Gasteiger partial charge in [-0.25, -0.2) is 4.79 Å². The number of rotatable bonds is 8. The Labute approximate surface area is 341 Å². The summed E-state index contributed by atoms with van der Waals surface area (Å²) in [7, 11) is 0. The van der Waals surface area contributed by atoms with Crippen LogP contribution in [-0.2, 0) is 47.5 Å². The predicted octanol–water partition coefficient (Wildman–Crippen LogP) is 2.79. The van der Waals surface area contributed by atoms with Crippen LogP contribution >= 0.6 is 0 Å². The molecule has 7 fully saturated rings. The highest BCUT2D eigenvalue weighted by molar-refractivity contribution is 5.85. The first-order chi connectivity index (χ1) is 27.4. The SMILES string of the molecule is CC(=O)O[C@@H]1CC2(O)[C@@H]3CC[C@@H]4C[C@@H](O[C@@H]5C[C@H](O[C@@H]6C[C@H](O)[C@H](O)[C@@H](C)O6)[C@H](O[C@@H]6C[C@H](O)[C@H](O)[C@@H](C)O6)[C@@H](C)O5)CC[C@]4(C)[C@H]3CC[C@]2(C)[C@H]1C1=CC(=O)OC1. The van der Waals surface area contributed by atoms with Gasteiger partial charge in [0.25, 0.3) is 0 Å². The van der Waals surface area contributed by atoms with Crippen molar-refractivity contribution in [3.8, 4) is 0 Å². The van der Waals surface area contributed by atoms with E-state index in [4.69, 9.17) is 37.9 Å². The Balaban J connectivity index is 0.948. The minimum Gasteiger partial charge on any atom is -0.462 e. The summed E-state index contributed by atoms with van der Waals surface area (Å²) in [5.41, 5.74) is -0.862. The van der Waals surface area contributed by atoms with E-state index in [-0.39, 0.29) is 54.7 Å². The van der Waals surface area contributed by atoms with Crippen LogP contribution in [0.15, 0.2) is 11.6 Å². The van der Waals surface area contributed by atoms with E-state index in [0.29, 0.717) is 18.8 Å². The number of aliphatic hydroxyl groups is 5. The quantitative estimate of drug-likeness (QED) is 0.176. The van der Waals surface area contributed by atoms with Gasteiger partial charge in [-0.2, -0.15) is 0 Å². The maximum atomic E-state index is 12.9. The highest BCUT2D eigenvalue weighted by atomic mass is 16.7. The Kier molecular flexibility index (Phi) is 12.0. The number of esters is 2. The molecule has 8 rings (SSSR count). The lowest BCUT2D eigenvalue weighted by Gasteiger charge is -2.63. The third-order valence-electron chi connectivity index (χ3n) is 16.1. The molecule has 15 heteroatoms. The van der Waals surface area contributed by atoms with Crippen molar-refractivity contribution in [1.82, 2.24) is 0 Å². The van der Waals surface area contributed by atoms with Crippen LogP contribution in [0.4, 0.5) is 0 Å². The fraction of sp³-hybridized carbons (Fsp3) is 0.907. The van der Waals surface area contributed by atoms with Gasteiger partial charge in [-0.15, -0.1) is 0 Å². The Morgan fingerprint density at radius 3 is 2.02 bits per heavy atom. The molecule has 4 heterocycles. The number of hydrogen-bond acceptors (Lipinski definition) is 15. The summed E-state index contributed by atoms with van der Waals surface area (Å²) in [4.78, 5) is 24.5. The van der Waals surface area contributed by atoms with Gasteiger partial charge in [-0.3, -0.25) is 4.79 Å². The standard InChI is InChI=1S/C43H66O15/c1-20-38(48)29(45)15-34(52-20)57-31-17-36(54-22(3)40(31)58-35-16-30(46)39(49)21(2)53-35)56-26-9-11-41(5)25(14-26)7-8-28-27(41)10-12-42(6)37(24-13-33(47)51-19-24)32(55-23(4)44)18-43(28,42)50/h13,20-22,25-32,34-40,45-46,48-50H,7-12,14-19H2,1-6H3/t20-,21-,22-,25-,26+,27+,28-,29+,30+,31+,32-,34-,35-,36-,37+,38-,39-,40-,41+,42-,43?/m1/s1. The van der Waals surface area contributed by atoms with Gasteiger partial charge in [0.2, 0.25) is 0 Å². The van der Waals surface area contributed by atoms with Crippen LogP contribution in [0.5, 0.6) is 0 Å². The zero-order valence-corrected chi connectivity index (χ0v) is 34.8. The third kappa shape index (κ3) is 7.60. The second-order valence-electron chi connectivity index (χ2n) is 19.5. The molecule has 1 unspecified atom stereocenters. The number of carbonyl (C=O) groups is 2. The second kappa shape index (κ2) is 16.2. The molecule has 0 aromatic carbocycles. The topological polar surface area (TPSA) is 209 Å². The van der Waals surface area contributed by atoms with Crippen molar-refractivity contribution >= 4 is 11.9 Å². The minimum atomic E-state index is -1.07. The highest BCUT2D eigenvalue weighted by Crippen LogP contribution is 2.70. The number of aliphatic hydroxyl groups excluding tert-OH is 4. The summed E-state index contributed by atoms with van der Waals surface area (Å²) >= 11 is 0. The molecule has 0 bridgehead atoms. The summed E-state index contributed by atoms with van der Waals surface area (Å²) in [6.07, 6.45) is -1.58. The summed E-state index contributed by atoms with van der Waals surface area (Å²) < 4.78 is 49.3. The van der Waals surface area contributed by atoms with Crippen molar-refractivity contribution < 1.29 is 73.0 Å². The Morgan fingerprint density at radius 2 is 1.40 bits per heavy atom. The molecule has 0 spiro atoms. The second-order valence-corrected chi connectivity index (χ2v) is 19.5. The summed E-state index contributed by atoms with van der Waals surface area (Å²) in [5, 5.41) is 54.5. The number of hydrogen-bond donors (Lipinski definition) is 5. The van der Waals surface area contributed by atoms with Gasteiger partial charge < -0.3 is 63.4 Å². The molecule has 0 amide bonds. The summed E-state index contributed by atoms with van der Waals surface area (Å²) in [5.74, 6) is -0.406. The molecule has 8 aliphatic rings. The molecule has 3 saturated heterocycles. The predicted molar refractivity (Wildman–Crippen MR) is 202 cm³/mol. The van der Waals surface area contributed by atoms with Crippen molar-refractivity contribution in [2.24, 2.45) is 34.5 Å². The zero-order valence-electron chi connectivity index (χ0n) is 34.8. The van der Waals surface area contributed by atoms with Gasteiger partial charge in [0.05, 0.1) is 48.3 Å². The van der Waals surface area contributed by atoms with Crippen molar-refractivity contribution in [2.75, 3.05) is 6.61 Å². The molecule has 4 aliphatic carbocycles. The molecule has 58 heavy (non-hydrogen) atoms. The summed E-state index contributed by atoms with van der Waals surface area (Å²) in [6, 6.07) is 0. The van der Waals surface area contributed by atoms with Crippen LogP contribution in [0.25, 0.3) is 0 Å². The maximum absolute atomic E-state index is 12.9. The molecule has 0 radical (unpaired) electrons. The first kappa shape index (κ1) is 42.9. The van der Waals surface area contributed by atoms with Gasteiger partial charge in [0.15, 0.2) is 18.9 Å². The largest absolute Gasteiger partial charge is 0.462 e. The van der Waals surface area contributed by atoms with E-state index < -0.39 is 96.9 Å². The number of carbonyl (C=O) groups excluding carboxylic acids is 2. The lowest BCUT2D eigenvalue weighted by Crippen LogP contribution is -2.62. The third-order valence-corrected chi connectivity index (χ3v) is 16.1. The summed E-state index contributed by atoms with van der Waals surface area (Å²) in [6.45, 7) is 11.3. The Hall–Kier alpha value is -1.76. The van der Waals surface area contributed by atoms with Crippen molar-refractivity contribution in [2.45, 2.75) is 204 Å². The fourth-order valence-electron chi connectivity index (χ4n) is 13.1. The molecule has 5 N–H and O–H groups in total. The van der Waals surface area contributed by atoms with Crippen LogP contribution in [0, 0.1) is 34.5 Å². The van der Waals surface area contributed by atoms with Crippen LogP contribution in [-0.4, -0.2) is 136 Å². The molecule has 4 aliphatic heterocycles. The molecule has 328 valence electrons. The normalized spacial score (nSPS) is 53.2. The Morgan fingerprint density at radius 1 is 0.759 bits per heavy atom. The first-order valence-corrected chi connectivity index (χ1v) is 21.8. The molecule has 15 nitrogen and oxygen atoms in total. The van der Waals surface area contributed by atoms with E-state index in [2.05, 4.69) is 13.8 Å². The molecule has 4 saturated carbocycles. The van der Waals surface area contributed by atoms with E-state index in [9.17, 15) is 35.1 Å². The first-order valence-electron chi connectivity index (χ1n) is 21.8. The van der Waals surface area contributed by atoms with Crippen molar-refractivity contribution in [3.05, 3.63) is 11.6 Å². The Bertz CT molecular complexity index is 1530. The minimum absolute atomic E-state index is 0.0221. The van der Waals surface area contributed by atoms with Crippen LogP contribution in [0.3, 0.4) is 0 Å². The maximum Gasteiger partial charge on any atom is 0.331 e. The van der Waals surface area contributed by atoms with Crippen molar-refractivity contribution in [3.63, 3.8) is 0 Å². The number of fused-ring (bicyclic) bond motifs is 5. The smallest absolute Gasteiger partial charge is 0.331 e. The molecular formula is C43H66O15. The molecule has 0 aromatic rings. The van der Waals surface area contributed by atoms with E-state index in [1.807, 2.05) is 6.92 Å². The van der Waals surface area contributed by atoms with Crippen LogP contribution in [0.1, 0.15) is 112 Å². The average molecular weight is 823 g/mol. The van der Waals surface area contributed by atoms with E-state index >= 15 is 0 Å².